The average molecular weight is 279 g/mol. The molecule has 1 N–H and O–H groups in total. The number of hydrogen-bond donors (Lipinski definition) is 1. The maximum Gasteiger partial charge on any atom is 0.275 e. The fraction of sp³-hybridized carbons (Fsp3) is 0.0625. The number of aryl methyl sites for hydroxylation is 1. The Labute approximate surface area is 120 Å². The maximum atomic E-state index is 12.3. The van der Waals surface area contributed by atoms with Gasteiger partial charge in [0.1, 0.15) is 11.3 Å². The monoisotopic (exact) mass is 279 g/mol. The van der Waals surface area contributed by atoms with Crippen LogP contribution >= 0.6 is 0 Å². The van der Waals surface area contributed by atoms with E-state index in [-0.39, 0.29) is 17.2 Å². The molecule has 3 rings (SSSR count). The Morgan fingerprint density at radius 1 is 1.14 bits per heavy atom. The molecule has 21 heavy (non-hydrogen) atoms. The largest absolute Gasteiger partial charge is 0.317 e. The third kappa shape index (κ3) is 2.41. The molecule has 0 fully saturated rings. The van der Waals surface area contributed by atoms with Crippen molar-refractivity contribution in [2.75, 3.05) is 5.32 Å². The lowest BCUT2D eigenvalue weighted by Gasteiger charge is -2.09. The Morgan fingerprint density at radius 2 is 1.90 bits per heavy atom. The number of carbonyl (C=O) groups is 1. The summed E-state index contributed by atoms with van der Waals surface area (Å²) in [4.78, 5) is 28.6. The molecule has 5 heteroatoms. The lowest BCUT2D eigenvalue weighted by molar-refractivity contribution is 0.102. The molecular formula is C16H13N3O2. The van der Waals surface area contributed by atoms with Gasteiger partial charge in [0.25, 0.3) is 11.5 Å². The predicted octanol–water partition coefficient (Wildman–Crippen LogP) is 2.19. The van der Waals surface area contributed by atoms with Crippen LogP contribution in [0.4, 0.5) is 5.69 Å². The second-order valence-corrected chi connectivity index (χ2v) is 4.66. The highest BCUT2D eigenvalue weighted by Gasteiger charge is 2.11. The van der Waals surface area contributed by atoms with Crippen molar-refractivity contribution in [2.24, 2.45) is 7.05 Å². The third-order valence-corrected chi connectivity index (χ3v) is 3.25. The number of anilines is 1. The fourth-order valence-electron chi connectivity index (χ4n) is 2.17. The number of carbonyl (C=O) groups excluding carboxylic acids is 1. The van der Waals surface area contributed by atoms with E-state index in [1.54, 1.807) is 49.6 Å². The molecule has 1 amide bonds. The molecule has 0 aliphatic rings. The molecule has 0 aliphatic carbocycles. The number of rotatable bonds is 2. The highest BCUT2D eigenvalue weighted by Crippen LogP contribution is 2.13. The molecule has 0 unspecified atom stereocenters. The number of pyridine rings is 2. The molecule has 1 aromatic carbocycles. The van der Waals surface area contributed by atoms with Crippen molar-refractivity contribution in [1.29, 1.82) is 0 Å². The first-order valence-electron chi connectivity index (χ1n) is 6.48. The lowest BCUT2D eigenvalue weighted by atomic mass is 10.2. The number of fused-ring (bicyclic) bond motifs is 1. The molecule has 0 radical (unpaired) electrons. The van der Waals surface area contributed by atoms with E-state index in [4.69, 9.17) is 0 Å². The van der Waals surface area contributed by atoms with Crippen LogP contribution in [0.1, 0.15) is 10.4 Å². The van der Waals surface area contributed by atoms with Gasteiger partial charge < -0.3 is 5.32 Å². The summed E-state index contributed by atoms with van der Waals surface area (Å²) in [5.74, 6) is -0.309. The molecule has 0 atom stereocenters. The van der Waals surface area contributed by atoms with Gasteiger partial charge in [0.2, 0.25) is 0 Å². The van der Waals surface area contributed by atoms with Crippen LogP contribution in [-0.2, 0) is 7.05 Å². The molecule has 0 saturated carbocycles. The number of amides is 1. The molecule has 5 nitrogen and oxygen atoms in total. The highest BCUT2D eigenvalue weighted by atomic mass is 16.2. The van der Waals surface area contributed by atoms with Crippen molar-refractivity contribution in [3.8, 4) is 0 Å². The molecule has 3 aromatic rings. The molecule has 104 valence electrons. The van der Waals surface area contributed by atoms with Gasteiger partial charge in [0.05, 0.1) is 0 Å². The van der Waals surface area contributed by atoms with Gasteiger partial charge in [-0.2, -0.15) is 0 Å². The van der Waals surface area contributed by atoms with Crippen LogP contribution in [0, 0.1) is 0 Å². The topological polar surface area (TPSA) is 64.0 Å². The molecule has 2 aromatic heterocycles. The summed E-state index contributed by atoms with van der Waals surface area (Å²) in [6.45, 7) is 0. The summed E-state index contributed by atoms with van der Waals surface area (Å²) >= 11 is 0. The average Bonchev–Trinajstić information content (AvgIpc) is 2.53. The van der Waals surface area contributed by atoms with Crippen molar-refractivity contribution in [1.82, 2.24) is 9.55 Å². The predicted molar refractivity (Wildman–Crippen MR) is 81.4 cm³/mol. The van der Waals surface area contributed by atoms with Gasteiger partial charge in [0, 0.05) is 24.2 Å². The van der Waals surface area contributed by atoms with E-state index in [2.05, 4.69) is 10.3 Å². The Morgan fingerprint density at radius 3 is 2.67 bits per heavy atom. The molecule has 0 saturated heterocycles. The summed E-state index contributed by atoms with van der Waals surface area (Å²) in [6.07, 6.45) is 1.63. The standard InChI is InChI=1S/C16H13N3O2/c1-19-14-12(8-5-9-17-14)10-13(16(19)21)18-15(20)11-6-3-2-4-7-11/h2-10H,1H3,(H,18,20). The van der Waals surface area contributed by atoms with Crippen molar-refractivity contribution in [2.45, 2.75) is 0 Å². The van der Waals surface area contributed by atoms with E-state index in [1.807, 2.05) is 12.1 Å². The lowest BCUT2D eigenvalue weighted by Crippen LogP contribution is -2.24. The first-order chi connectivity index (χ1) is 10.2. The van der Waals surface area contributed by atoms with Gasteiger partial charge in [-0.15, -0.1) is 0 Å². The van der Waals surface area contributed by atoms with E-state index >= 15 is 0 Å². The van der Waals surface area contributed by atoms with Crippen LogP contribution in [0.3, 0.4) is 0 Å². The number of nitrogens with one attached hydrogen (secondary N) is 1. The zero-order valence-electron chi connectivity index (χ0n) is 11.4. The highest BCUT2D eigenvalue weighted by molar-refractivity contribution is 6.04. The van der Waals surface area contributed by atoms with E-state index < -0.39 is 0 Å². The maximum absolute atomic E-state index is 12.3. The van der Waals surface area contributed by atoms with Crippen molar-refractivity contribution < 1.29 is 4.79 Å². The SMILES string of the molecule is Cn1c(=O)c(NC(=O)c2ccccc2)cc2cccnc21. The Bertz CT molecular complexity index is 870. The van der Waals surface area contributed by atoms with Gasteiger partial charge in [-0.3, -0.25) is 14.2 Å². The van der Waals surface area contributed by atoms with Crippen molar-refractivity contribution in [3.05, 3.63) is 70.6 Å². The normalized spacial score (nSPS) is 10.5. The van der Waals surface area contributed by atoms with E-state index in [9.17, 15) is 9.59 Å². The van der Waals surface area contributed by atoms with Crippen LogP contribution in [-0.4, -0.2) is 15.5 Å². The Balaban J connectivity index is 2.04. The van der Waals surface area contributed by atoms with Crippen LogP contribution < -0.4 is 10.9 Å². The van der Waals surface area contributed by atoms with Gasteiger partial charge in [-0.05, 0) is 30.3 Å². The van der Waals surface area contributed by atoms with Crippen LogP contribution in [0.5, 0.6) is 0 Å². The number of nitrogens with zero attached hydrogens (tertiary/aromatic N) is 2. The summed E-state index contributed by atoms with van der Waals surface area (Å²) in [5.41, 5.74) is 1.04. The second-order valence-electron chi connectivity index (χ2n) is 4.66. The molecular weight excluding hydrogens is 266 g/mol. The number of benzene rings is 1. The minimum absolute atomic E-state index is 0.242. The molecule has 0 bridgehead atoms. The number of hydrogen-bond acceptors (Lipinski definition) is 3. The summed E-state index contributed by atoms with van der Waals surface area (Å²) in [7, 11) is 1.63. The third-order valence-electron chi connectivity index (χ3n) is 3.25. The second kappa shape index (κ2) is 5.20. The van der Waals surface area contributed by atoms with Crippen LogP contribution in [0.2, 0.25) is 0 Å². The smallest absolute Gasteiger partial charge is 0.275 e. The Hall–Kier alpha value is -2.95. The van der Waals surface area contributed by atoms with Gasteiger partial charge in [-0.25, -0.2) is 4.98 Å². The number of aromatic nitrogens is 2. The van der Waals surface area contributed by atoms with Crippen molar-refractivity contribution >= 4 is 22.6 Å². The first-order valence-corrected chi connectivity index (χ1v) is 6.48. The summed E-state index contributed by atoms with van der Waals surface area (Å²) in [5, 5.41) is 3.45. The van der Waals surface area contributed by atoms with E-state index in [1.165, 1.54) is 4.57 Å². The van der Waals surface area contributed by atoms with Crippen molar-refractivity contribution in [3.63, 3.8) is 0 Å². The molecule has 0 spiro atoms. The van der Waals surface area contributed by atoms with Gasteiger partial charge in [0.15, 0.2) is 0 Å². The summed E-state index contributed by atoms with van der Waals surface area (Å²) in [6, 6.07) is 14.1. The fourth-order valence-corrected chi connectivity index (χ4v) is 2.17. The zero-order chi connectivity index (χ0) is 14.8. The van der Waals surface area contributed by atoms with Gasteiger partial charge in [-0.1, -0.05) is 18.2 Å². The summed E-state index contributed by atoms with van der Waals surface area (Å²) < 4.78 is 1.43. The zero-order valence-corrected chi connectivity index (χ0v) is 11.4. The molecule has 0 aliphatic heterocycles. The van der Waals surface area contributed by atoms with Crippen LogP contribution in [0.15, 0.2) is 59.5 Å². The van der Waals surface area contributed by atoms with Gasteiger partial charge >= 0.3 is 0 Å². The van der Waals surface area contributed by atoms with Crippen LogP contribution in [0.25, 0.3) is 11.0 Å². The van der Waals surface area contributed by atoms with E-state index in [0.717, 1.165) is 5.39 Å². The minimum atomic E-state index is -0.309. The van der Waals surface area contributed by atoms with E-state index in [0.29, 0.717) is 11.2 Å². The first kappa shape index (κ1) is 13.1. The quantitative estimate of drug-likeness (QED) is 0.782. The minimum Gasteiger partial charge on any atom is -0.317 e. The molecule has 2 heterocycles. The Kier molecular flexibility index (Phi) is 3.23.